The Morgan fingerprint density at radius 2 is 2.14 bits per heavy atom. The fourth-order valence-electron chi connectivity index (χ4n) is 1.23. The van der Waals surface area contributed by atoms with Crippen LogP contribution in [0, 0.1) is 0 Å². The van der Waals surface area contributed by atoms with Crippen molar-refractivity contribution in [1.82, 2.24) is 14.8 Å². The van der Waals surface area contributed by atoms with Crippen molar-refractivity contribution in [3.05, 3.63) is 23.8 Å². The van der Waals surface area contributed by atoms with Crippen LogP contribution in [-0.2, 0) is 19.4 Å². The Labute approximate surface area is 90.6 Å². The maximum atomic E-state index is 4.42. The zero-order chi connectivity index (χ0) is 10.6. The van der Waals surface area contributed by atoms with Crippen molar-refractivity contribution < 1.29 is 0 Å². The van der Waals surface area contributed by atoms with Crippen LogP contribution in [0.1, 0.15) is 25.5 Å². The van der Waals surface area contributed by atoms with Crippen LogP contribution in [-0.4, -0.2) is 20.5 Å². The number of hydrogen-bond acceptors (Lipinski definition) is 3. The smallest absolute Gasteiger partial charge is 0.150 e. The summed E-state index contributed by atoms with van der Waals surface area (Å²) in [6.45, 7) is 8.80. The summed E-state index contributed by atoms with van der Waals surface area (Å²) in [6.07, 6.45) is 1.79. The maximum Gasteiger partial charge on any atom is 0.150 e. The van der Waals surface area contributed by atoms with Crippen molar-refractivity contribution in [2.45, 2.75) is 33.2 Å². The van der Waals surface area contributed by atoms with E-state index in [1.165, 1.54) is 0 Å². The summed E-state index contributed by atoms with van der Waals surface area (Å²) in [6, 6.07) is 0. The lowest BCUT2D eigenvalue weighted by Gasteiger charge is -2.04. The molecule has 3 nitrogen and oxygen atoms in total. The molecule has 0 N–H and O–H groups in total. The highest BCUT2D eigenvalue weighted by Gasteiger charge is 2.06. The van der Waals surface area contributed by atoms with Crippen molar-refractivity contribution in [2.24, 2.45) is 0 Å². The Hall–Kier alpha value is -0.770. The van der Waals surface area contributed by atoms with Crippen LogP contribution in [0.4, 0.5) is 0 Å². The van der Waals surface area contributed by atoms with Crippen molar-refractivity contribution in [3.8, 4) is 0 Å². The summed E-state index contributed by atoms with van der Waals surface area (Å²) in [4.78, 5) is 4.42. The molecule has 0 saturated heterocycles. The van der Waals surface area contributed by atoms with Crippen LogP contribution in [0.2, 0.25) is 0 Å². The average molecular weight is 211 g/mol. The van der Waals surface area contributed by atoms with Crippen LogP contribution >= 0.6 is 12.6 Å². The van der Waals surface area contributed by atoms with Gasteiger partial charge in [-0.15, -0.1) is 0 Å². The van der Waals surface area contributed by atoms with Gasteiger partial charge in [-0.25, -0.2) is 9.67 Å². The molecule has 0 aromatic carbocycles. The van der Waals surface area contributed by atoms with Gasteiger partial charge < -0.3 is 0 Å². The van der Waals surface area contributed by atoms with Gasteiger partial charge in [0.05, 0.1) is 6.54 Å². The minimum Gasteiger partial charge on any atom is -0.246 e. The molecule has 78 valence electrons. The van der Waals surface area contributed by atoms with Gasteiger partial charge in [-0.1, -0.05) is 20.4 Å². The van der Waals surface area contributed by atoms with E-state index < -0.39 is 0 Å². The predicted octanol–water partition coefficient (Wildman–Crippen LogP) is 1.89. The van der Waals surface area contributed by atoms with E-state index in [2.05, 4.69) is 43.1 Å². The second-order valence-electron chi connectivity index (χ2n) is 3.22. The average Bonchev–Trinajstić information content (AvgIpc) is 2.60. The first kappa shape index (κ1) is 11.3. The van der Waals surface area contributed by atoms with Crippen molar-refractivity contribution in [1.29, 1.82) is 0 Å². The molecule has 0 aliphatic carbocycles. The summed E-state index contributed by atoms with van der Waals surface area (Å²) in [5.41, 5.74) is 1.07. The number of nitrogens with zero attached hydrogens (tertiary/aromatic N) is 3. The summed E-state index contributed by atoms with van der Waals surface area (Å²) >= 11 is 4.18. The summed E-state index contributed by atoms with van der Waals surface area (Å²) < 4.78 is 1.93. The molecule has 0 aliphatic rings. The fraction of sp³-hybridized carbons (Fsp3) is 0.600. The van der Waals surface area contributed by atoms with Gasteiger partial charge in [0.1, 0.15) is 5.82 Å². The SMILES string of the molecule is C=C(CS)Cn1nc(CC)nc1CC. The Bertz CT molecular complexity index is 317. The van der Waals surface area contributed by atoms with Crippen LogP contribution in [0.15, 0.2) is 12.2 Å². The van der Waals surface area contributed by atoms with Gasteiger partial charge in [-0.05, 0) is 5.57 Å². The van der Waals surface area contributed by atoms with Gasteiger partial charge in [0.25, 0.3) is 0 Å². The molecule has 0 amide bonds. The van der Waals surface area contributed by atoms with Gasteiger partial charge in [0.2, 0.25) is 0 Å². The van der Waals surface area contributed by atoms with Crippen molar-refractivity contribution >= 4 is 12.6 Å². The highest BCUT2D eigenvalue weighted by Crippen LogP contribution is 2.05. The van der Waals surface area contributed by atoms with Gasteiger partial charge in [0.15, 0.2) is 5.82 Å². The number of aromatic nitrogens is 3. The molecule has 1 heterocycles. The Balaban J connectivity index is 2.83. The molecule has 0 spiro atoms. The van der Waals surface area contributed by atoms with Crippen LogP contribution in [0.3, 0.4) is 0 Å². The second kappa shape index (κ2) is 5.20. The number of aryl methyl sites for hydroxylation is 2. The van der Waals surface area contributed by atoms with Gasteiger partial charge in [0, 0.05) is 18.6 Å². The van der Waals surface area contributed by atoms with Crippen LogP contribution in [0.25, 0.3) is 0 Å². The normalized spacial score (nSPS) is 10.5. The van der Waals surface area contributed by atoms with Crippen molar-refractivity contribution in [2.75, 3.05) is 5.75 Å². The molecule has 14 heavy (non-hydrogen) atoms. The largest absolute Gasteiger partial charge is 0.246 e. The molecule has 0 saturated carbocycles. The number of thiol groups is 1. The summed E-state index contributed by atoms with van der Waals surface area (Å²) in [5.74, 6) is 2.64. The van der Waals surface area contributed by atoms with Crippen LogP contribution in [0.5, 0.6) is 0 Å². The van der Waals surface area contributed by atoms with Gasteiger partial charge >= 0.3 is 0 Å². The van der Waals surface area contributed by atoms with E-state index in [-0.39, 0.29) is 0 Å². The van der Waals surface area contributed by atoms with E-state index in [4.69, 9.17) is 0 Å². The monoisotopic (exact) mass is 211 g/mol. The van der Waals surface area contributed by atoms with Gasteiger partial charge in [-0.2, -0.15) is 17.7 Å². The van der Waals surface area contributed by atoms with E-state index in [0.29, 0.717) is 5.75 Å². The van der Waals surface area contributed by atoms with E-state index in [1.807, 2.05) is 4.68 Å². The number of rotatable bonds is 5. The Morgan fingerprint density at radius 3 is 2.64 bits per heavy atom. The lowest BCUT2D eigenvalue weighted by Crippen LogP contribution is -2.07. The topological polar surface area (TPSA) is 30.7 Å². The lowest BCUT2D eigenvalue weighted by molar-refractivity contribution is 0.632. The first-order valence-corrected chi connectivity index (χ1v) is 5.54. The molecular formula is C10H17N3S. The minimum atomic E-state index is 0.699. The Morgan fingerprint density at radius 1 is 1.43 bits per heavy atom. The molecule has 0 radical (unpaired) electrons. The van der Waals surface area contributed by atoms with Gasteiger partial charge in [-0.3, -0.25) is 0 Å². The maximum absolute atomic E-state index is 4.42. The van der Waals surface area contributed by atoms with E-state index in [1.54, 1.807) is 0 Å². The summed E-state index contributed by atoms with van der Waals surface area (Å²) in [7, 11) is 0. The molecule has 0 fully saturated rings. The first-order valence-electron chi connectivity index (χ1n) is 4.91. The molecular weight excluding hydrogens is 194 g/mol. The molecule has 1 aromatic heterocycles. The van der Waals surface area contributed by atoms with Crippen LogP contribution < -0.4 is 0 Å². The molecule has 0 aliphatic heterocycles. The molecule has 1 rings (SSSR count). The van der Waals surface area contributed by atoms with E-state index in [9.17, 15) is 0 Å². The third-order valence-electron chi connectivity index (χ3n) is 2.02. The minimum absolute atomic E-state index is 0.699. The third-order valence-corrected chi connectivity index (χ3v) is 2.47. The standard InChI is InChI=1S/C10H17N3S/c1-4-9-11-10(5-2)13(12-9)6-8(3)7-14/h14H,3-7H2,1-2H3. The molecule has 0 bridgehead atoms. The molecule has 4 heteroatoms. The third kappa shape index (κ3) is 2.61. The zero-order valence-electron chi connectivity index (χ0n) is 8.82. The lowest BCUT2D eigenvalue weighted by atomic mass is 10.3. The Kier molecular flexibility index (Phi) is 4.20. The highest BCUT2D eigenvalue weighted by molar-refractivity contribution is 7.80. The van der Waals surface area contributed by atoms with E-state index >= 15 is 0 Å². The molecule has 1 aromatic rings. The molecule has 0 atom stereocenters. The quantitative estimate of drug-likeness (QED) is 0.595. The fourth-order valence-corrected chi connectivity index (χ4v) is 1.33. The highest BCUT2D eigenvalue weighted by atomic mass is 32.1. The van der Waals surface area contributed by atoms with Crippen molar-refractivity contribution in [3.63, 3.8) is 0 Å². The summed E-state index contributed by atoms with van der Waals surface area (Å²) in [5, 5.41) is 4.40. The zero-order valence-corrected chi connectivity index (χ0v) is 9.72. The predicted molar refractivity (Wildman–Crippen MR) is 61.8 cm³/mol. The number of hydrogen-bond donors (Lipinski definition) is 1. The molecule has 0 unspecified atom stereocenters. The first-order chi connectivity index (χ1) is 6.71. The second-order valence-corrected chi connectivity index (χ2v) is 3.53. The van der Waals surface area contributed by atoms with E-state index in [0.717, 1.165) is 36.6 Å².